The van der Waals surface area contributed by atoms with Gasteiger partial charge in [-0.15, -0.1) is 0 Å². The Kier molecular flexibility index (Phi) is 7.17. The van der Waals surface area contributed by atoms with E-state index >= 15 is 0 Å². The molecule has 1 aliphatic rings. The van der Waals surface area contributed by atoms with Gasteiger partial charge in [0.05, 0.1) is 0 Å². The van der Waals surface area contributed by atoms with E-state index in [4.69, 9.17) is 0 Å². The van der Waals surface area contributed by atoms with Gasteiger partial charge in [0.2, 0.25) is 0 Å². The lowest BCUT2D eigenvalue weighted by atomic mass is 9.99. The number of hydrogen-bond donors (Lipinski definition) is 2. The molecule has 0 aliphatic carbocycles. The fraction of sp³-hybridized carbons (Fsp3) is 0.667. The van der Waals surface area contributed by atoms with Gasteiger partial charge in [-0.25, -0.2) is 4.98 Å². The second-order valence-corrected chi connectivity index (χ2v) is 6.40. The van der Waals surface area contributed by atoms with E-state index in [1.54, 1.807) is 7.05 Å². The predicted molar refractivity (Wildman–Crippen MR) is 98.0 cm³/mol. The summed E-state index contributed by atoms with van der Waals surface area (Å²) >= 11 is 0. The van der Waals surface area contributed by atoms with E-state index in [1.807, 2.05) is 6.20 Å². The minimum Gasteiger partial charge on any atom is -0.357 e. The van der Waals surface area contributed by atoms with Gasteiger partial charge in [0.1, 0.15) is 5.82 Å². The molecule has 0 atom stereocenters. The maximum Gasteiger partial charge on any atom is 0.191 e. The Bertz CT molecular complexity index is 475. The average Bonchev–Trinajstić information content (AvgIpc) is 2.59. The normalized spacial score (nSPS) is 16.5. The molecule has 23 heavy (non-hydrogen) atoms. The molecule has 0 radical (unpaired) electrons. The summed E-state index contributed by atoms with van der Waals surface area (Å²) in [7, 11) is 1.81. The van der Waals surface area contributed by atoms with Crippen molar-refractivity contribution in [1.29, 1.82) is 0 Å². The Balaban J connectivity index is 1.80. The number of hydrogen-bond acceptors (Lipinski definition) is 3. The molecule has 5 nitrogen and oxygen atoms in total. The van der Waals surface area contributed by atoms with E-state index in [0.717, 1.165) is 50.3 Å². The average molecular weight is 317 g/mol. The van der Waals surface area contributed by atoms with Crippen LogP contribution in [0, 0.1) is 5.92 Å². The van der Waals surface area contributed by atoms with Crippen LogP contribution in [-0.4, -0.2) is 37.6 Å². The van der Waals surface area contributed by atoms with Crippen molar-refractivity contribution in [1.82, 2.24) is 15.6 Å². The number of rotatable bonds is 6. The SMILES string of the molecule is CCCCNC(=NC)NCc1ccc(N2CCC(C)CC2)nc1. The van der Waals surface area contributed by atoms with Gasteiger partial charge in [0, 0.05) is 39.4 Å². The summed E-state index contributed by atoms with van der Waals surface area (Å²) in [4.78, 5) is 11.3. The molecule has 1 aromatic rings. The van der Waals surface area contributed by atoms with Crippen molar-refractivity contribution in [2.75, 3.05) is 31.6 Å². The molecule has 0 bridgehead atoms. The molecular formula is C18H31N5. The monoisotopic (exact) mass is 317 g/mol. The topological polar surface area (TPSA) is 52.6 Å². The van der Waals surface area contributed by atoms with Crippen LogP contribution in [-0.2, 0) is 6.54 Å². The Labute approximate surface area is 140 Å². The molecule has 0 amide bonds. The molecule has 2 rings (SSSR count). The number of aromatic nitrogens is 1. The smallest absolute Gasteiger partial charge is 0.191 e. The first-order valence-electron chi connectivity index (χ1n) is 8.87. The third-order valence-electron chi connectivity index (χ3n) is 4.42. The number of nitrogens with one attached hydrogen (secondary N) is 2. The second-order valence-electron chi connectivity index (χ2n) is 6.40. The van der Waals surface area contributed by atoms with E-state index in [9.17, 15) is 0 Å². The van der Waals surface area contributed by atoms with Gasteiger partial charge >= 0.3 is 0 Å². The zero-order valence-corrected chi connectivity index (χ0v) is 14.8. The molecule has 2 N–H and O–H groups in total. The van der Waals surface area contributed by atoms with Crippen molar-refractivity contribution < 1.29 is 0 Å². The zero-order valence-electron chi connectivity index (χ0n) is 14.8. The lowest BCUT2D eigenvalue weighted by Gasteiger charge is -2.31. The highest BCUT2D eigenvalue weighted by Gasteiger charge is 2.16. The van der Waals surface area contributed by atoms with E-state index in [2.05, 4.69) is 51.5 Å². The fourth-order valence-electron chi connectivity index (χ4n) is 2.74. The summed E-state index contributed by atoms with van der Waals surface area (Å²) in [5, 5.41) is 6.65. The van der Waals surface area contributed by atoms with Crippen LogP contribution in [0.4, 0.5) is 5.82 Å². The Hall–Kier alpha value is -1.78. The Morgan fingerprint density at radius 1 is 1.30 bits per heavy atom. The lowest BCUT2D eigenvalue weighted by molar-refractivity contribution is 0.436. The largest absolute Gasteiger partial charge is 0.357 e. The molecule has 1 saturated heterocycles. The highest BCUT2D eigenvalue weighted by atomic mass is 15.2. The van der Waals surface area contributed by atoms with Crippen LogP contribution in [0.5, 0.6) is 0 Å². The molecule has 1 aromatic heterocycles. The first kappa shape index (κ1) is 17.6. The molecule has 128 valence electrons. The molecular weight excluding hydrogens is 286 g/mol. The van der Waals surface area contributed by atoms with Gasteiger partial charge in [-0.3, -0.25) is 4.99 Å². The quantitative estimate of drug-likeness (QED) is 0.481. The first-order chi connectivity index (χ1) is 11.2. The van der Waals surface area contributed by atoms with E-state index in [0.29, 0.717) is 0 Å². The van der Waals surface area contributed by atoms with Crippen LogP contribution in [0.3, 0.4) is 0 Å². The molecule has 0 saturated carbocycles. The maximum absolute atomic E-state index is 4.63. The number of nitrogens with zero attached hydrogens (tertiary/aromatic N) is 3. The highest BCUT2D eigenvalue weighted by molar-refractivity contribution is 5.79. The molecule has 0 spiro atoms. The number of unbranched alkanes of at least 4 members (excludes halogenated alkanes) is 1. The van der Waals surface area contributed by atoms with Crippen LogP contribution in [0.1, 0.15) is 45.1 Å². The van der Waals surface area contributed by atoms with Crippen LogP contribution < -0.4 is 15.5 Å². The molecule has 5 heteroatoms. The van der Waals surface area contributed by atoms with E-state index < -0.39 is 0 Å². The fourth-order valence-corrected chi connectivity index (χ4v) is 2.74. The van der Waals surface area contributed by atoms with Crippen molar-refractivity contribution in [2.24, 2.45) is 10.9 Å². The number of aliphatic imine (C=N–C) groups is 1. The molecule has 1 aliphatic heterocycles. The van der Waals surface area contributed by atoms with Gasteiger partial charge in [0.15, 0.2) is 5.96 Å². The van der Waals surface area contributed by atoms with Gasteiger partial charge in [-0.05, 0) is 36.8 Å². The zero-order chi connectivity index (χ0) is 16.5. The van der Waals surface area contributed by atoms with Crippen molar-refractivity contribution in [3.63, 3.8) is 0 Å². The van der Waals surface area contributed by atoms with Crippen LogP contribution in [0.15, 0.2) is 23.3 Å². The summed E-state index contributed by atoms with van der Waals surface area (Å²) in [5.41, 5.74) is 1.18. The number of anilines is 1. The standard InChI is InChI=1S/C18H31N5/c1-4-5-10-20-18(19-3)22-14-16-6-7-17(21-13-16)23-11-8-15(2)9-12-23/h6-7,13,15H,4-5,8-12,14H2,1-3H3,(H2,19,20,22). The van der Waals surface area contributed by atoms with Gasteiger partial charge in [0.25, 0.3) is 0 Å². The maximum atomic E-state index is 4.63. The lowest BCUT2D eigenvalue weighted by Crippen LogP contribution is -2.37. The molecule has 2 heterocycles. The third-order valence-corrected chi connectivity index (χ3v) is 4.42. The second kappa shape index (κ2) is 9.38. The van der Waals surface area contributed by atoms with Crippen molar-refractivity contribution >= 4 is 11.8 Å². The minimum atomic E-state index is 0.746. The summed E-state index contributed by atoms with van der Waals surface area (Å²) < 4.78 is 0. The van der Waals surface area contributed by atoms with E-state index in [-0.39, 0.29) is 0 Å². The highest BCUT2D eigenvalue weighted by Crippen LogP contribution is 2.21. The van der Waals surface area contributed by atoms with Gasteiger partial charge in [-0.2, -0.15) is 0 Å². The summed E-state index contributed by atoms with van der Waals surface area (Å²) in [6.45, 7) is 8.48. The third kappa shape index (κ3) is 5.73. The Morgan fingerprint density at radius 2 is 2.09 bits per heavy atom. The van der Waals surface area contributed by atoms with Crippen molar-refractivity contribution in [3.8, 4) is 0 Å². The van der Waals surface area contributed by atoms with Gasteiger partial charge < -0.3 is 15.5 Å². The number of guanidine groups is 1. The first-order valence-corrected chi connectivity index (χ1v) is 8.87. The van der Waals surface area contributed by atoms with Crippen LogP contribution in [0.25, 0.3) is 0 Å². The minimum absolute atomic E-state index is 0.746. The predicted octanol–water partition coefficient (Wildman–Crippen LogP) is 2.78. The summed E-state index contributed by atoms with van der Waals surface area (Å²) in [5.74, 6) is 2.81. The van der Waals surface area contributed by atoms with Crippen molar-refractivity contribution in [3.05, 3.63) is 23.9 Å². The van der Waals surface area contributed by atoms with Crippen molar-refractivity contribution in [2.45, 2.75) is 46.1 Å². The van der Waals surface area contributed by atoms with Crippen LogP contribution >= 0.6 is 0 Å². The van der Waals surface area contributed by atoms with E-state index in [1.165, 1.54) is 24.8 Å². The Morgan fingerprint density at radius 3 is 2.70 bits per heavy atom. The molecule has 0 unspecified atom stereocenters. The molecule has 1 fully saturated rings. The van der Waals surface area contributed by atoms with Crippen LogP contribution in [0.2, 0.25) is 0 Å². The number of pyridine rings is 1. The number of piperidine rings is 1. The van der Waals surface area contributed by atoms with Gasteiger partial charge in [-0.1, -0.05) is 26.3 Å². The summed E-state index contributed by atoms with van der Waals surface area (Å²) in [6.07, 6.45) is 6.85. The summed E-state index contributed by atoms with van der Waals surface area (Å²) in [6, 6.07) is 4.30. The molecule has 0 aromatic carbocycles.